The summed E-state index contributed by atoms with van der Waals surface area (Å²) in [5, 5.41) is 15.2. The fourth-order valence-electron chi connectivity index (χ4n) is 2.29. The highest BCUT2D eigenvalue weighted by molar-refractivity contribution is 5.51. The van der Waals surface area contributed by atoms with Crippen molar-refractivity contribution in [2.24, 2.45) is 7.05 Å². The van der Waals surface area contributed by atoms with Gasteiger partial charge in [-0.3, -0.25) is 9.78 Å². The van der Waals surface area contributed by atoms with Gasteiger partial charge in [-0.1, -0.05) is 20.8 Å². The van der Waals surface area contributed by atoms with Gasteiger partial charge in [0.2, 0.25) is 0 Å². The lowest BCUT2D eigenvalue weighted by Crippen LogP contribution is -2.16. The first-order valence-electron chi connectivity index (χ1n) is 6.57. The molecule has 2 aromatic heterocycles. The van der Waals surface area contributed by atoms with Crippen LogP contribution in [0, 0.1) is 13.8 Å². The van der Waals surface area contributed by atoms with Crippen molar-refractivity contribution >= 4 is 5.69 Å². The van der Waals surface area contributed by atoms with Crippen LogP contribution in [0.15, 0.2) is 6.20 Å². The number of anilines is 1. The van der Waals surface area contributed by atoms with Crippen molar-refractivity contribution in [2.75, 3.05) is 5.32 Å². The molecule has 0 aliphatic carbocycles. The van der Waals surface area contributed by atoms with E-state index in [4.69, 9.17) is 0 Å². The van der Waals surface area contributed by atoms with Gasteiger partial charge in [-0.2, -0.15) is 10.2 Å². The molecule has 0 spiro atoms. The van der Waals surface area contributed by atoms with E-state index in [1.54, 1.807) is 0 Å². The van der Waals surface area contributed by atoms with E-state index >= 15 is 0 Å². The molecule has 0 unspecified atom stereocenters. The van der Waals surface area contributed by atoms with Crippen LogP contribution in [0.5, 0.6) is 0 Å². The fourth-order valence-corrected chi connectivity index (χ4v) is 2.29. The number of hydrogen-bond donors (Lipinski definition) is 2. The van der Waals surface area contributed by atoms with Crippen LogP contribution in [0.1, 0.15) is 43.4 Å². The molecule has 5 nitrogen and oxygen atoms in total. The van der Waals surface area contributed by atoms with Crippen LogP contribution in [0.3, 0.4) is 0 Å². The number of H-pyrrole nitrogens is 1. The normalized spacial score (nSPS) is 11.9. The van der Waals surface area contributed by atoms with Crippen LogP contribution in [-0.2, 0) is 19.0 Å². The first-order valence-corrected chi connectivity index (χ1v) is 6.57. The fraction of sp³-hybridized carbons (Fsp3) is 0.571. The Morgan fingerprint density at radius 2 is 2.00 bits per heavy atom. The Bertz CT molecular complexity index is 552. The summed E-state index contributed by atoms with van der Waals surface area (Å²) in [5.41, 5.74) is 5.58. The Labute approximate surface area is 114 Å². The second kappa shape index (κ2) is 4.72. The standard InChI is InChI=1S/C14H23N5/c1-9-12(10(2)17-16-9)15-7-11-8-19(6)18-13(11)14(3,4)5/h8,15H,7H2,1-6H3,(H,16,17). The molecule has 0 aliphatic rings. The van der Waals surface area contributed by atoms with Crippen LogP contribution in [-0.4, -0.2) is 20.0 Å². The molecule has 0 fully saturated rings. The zero-order chi connectivity index (χ0) is 14.2. The number of hydrogen-bond acceptors (Lipinski definition) is 3. The van der Waals surface area contributed by atoms with E-state index in [1.165, 1.54) is 5.56 Å². The van der Waals surface area contributed by atoms with Gasteiger partial charge in [-0.15, -0.1) is 0 Å². The minimum Gasteiger partial charge on any atom is -0.378 e. The molecule has 2 N–H and O–H groups in total. The average Bonchev–Trinajstić information content (AvgIpc) is 2.80. The maximum Gasteiger partial charge on any atom is 0.0825 e. The molecule has 2 heterocycles. The maximum atomic E-state index is 4.58. The Hall–Kier alpha value is -1.78. The summed E-state index contributed by atoms with van der Waals surface area (Å²) in [4.78, 5) is 0. The third-order valence-corrected chi connectivity index (χ3v) is 3.20. The van der Waals surface area contributed by atoms with Gasteiger partial charge < -0.3 is 5.32 Å². The highest BCUT2D eigenvalue weighted by atomic mass is 15.3. The van der Waals surface area contributed by atoms with Gasteiger partial charge in [0.05, 0.1) is 22.8 Å². The minimum atomic E-state index is 0.0543. The van der Waals surface area contributed by atoms with Gasteiger partial charge in [0.1, 0.15) is 0 Å². The van der Waals surface area contributed by atoms with Crippen molar-refractivity contribution < 1.29 is 0 Å². The number of aryl methyl sites for hydroxylation is 3. The van der Waals surface area contributed by atoms with Crippen LogP contribution in [0.25, 0.3) is 0 Å². The summed E-state index contributed by atoms with van der Waals surface area (Å²) < 4.78 is 1.88. The van der Waals surface area contributed by atoms with Gasteiger partial charge in [-0.05, 0) is 13.8 Å². The van der Waals surface area contributed by atoms with Crippen molar-refractivity contribution in [1.29, 1.82) is 0 Å². The average molecular weight is 261 g/mol. The van der Waals surface area contributed by atoms with Crippen molar-refractivity contribution in [3.05, 3.63) is 28.8 Å². The molecule has 0 amide bonds. The van der Waals surface area contributed by atoms with E-state index < -0.39 is 0 Å². The lowest BCUT2D eigenvalue weighted by molar-refractivity contribution is 0.549. The van der Waals surface area contributed by atoms with Crippen molar-refractivity contribution in [2.45, 2.75) is 46.6 Å². The summed E-state index contributed by atoms with van der Waals surface area (Å²) in [6.07, 6.45) is 2.08. The van der Waals surface area contributed by atoms with Gasteiger partial charge >= 0.3 is 0 Å². The summed E-state index contributed by atoms with van der Waals surface area (Å²) in [5.74, 6) is 0. The Morgan fingerprint density at radius 3 is 2.53 bits per heavy atom. The highest BCUT2D eigenvalue weighted by Gasteiger charge is 2.21. The zero-order valence-electron chi connectivity index (χ0n) is 12.6. The van der Waals surface area contributed by atoms with Gasteiger partial charge in [0, 0.05) is 30.8 Å². The predicted molar refractivity (Wildman–Crippen MR) is 77.3 cm³/mol. The number of nitrogens with one attached hydrogen (secondary N) is 2. The molecule has 104 valence electrons. The molecule has 0 saturated heterocycles. The smallest absolute Gasteiger partial charge is 0.0825 e. The first kappa shape index (κ1) is 13.6. The third-order valence-electron chi connectivity index (χ3n) is 3.20. The number of aromatic nitrogens is 4. The molecule has 0 saturated carbocycles. The molecule has 19 heavy (non-hydrogen) atoms. The molecule has 2 aromatic rings. The maximum absolute atomic E-state index is 4.58. The molecular formula is C14H23N5. The van der Waals surface area contributed by atoms with Crippen molar-refractivity contribution in [1.82, 2.24) is 20.0 Å². The Kier molecular flexibility index (Phi) is 3.39. The molecule has 0 radical (unpaired) electrons. The summed E-state index contributed by atoms with van der Waals surface area (Å²) in [7, 11) is 1.97. The molecule has 0 atom stereocenters. The number of nitrogens with zero attached hydrogens (tertiary/aromatic N) is 3. The Balaban J connectivity index is 2.21. The molecule has 0 aromatic carbocycles. The first-order chi connectivity index (χ1) is 8.79. The Morgan fingerprint density at radius 1 is 1.32 bits per heavy atom. The predicted octanol–water partition coefficient (Wildman–Crippen LogP) is 2.67. The highest BCUT2D eigenvalue weighted by Crippen LogP contribution is 2.25. The largest absolute Gasteiger partial charge is 0.378 e. The van der Waals surface area contributed by atoms with Crippen molar-refractivity contribution in [3.63, 3.8) is 0 Å². The van der Waals surface area contributed by atoms with E-state index in [-0.39, 0.29) is 5.41 Å². The molecule has 2 rings (SSSR count). The van der Waals surface area contributed by atoms with E-state index in [0.717, 1.165) is 29.3 Å². The summed E-state index contributed by atoms with van der Waals surface area (Å²) in [6.45, 7) is 11.4. The zero-order valence-corrected chi connectivity index (χ0v) is 12.6. The molecular weight excluding hydrogens is 238 g/mol. The van der Waals surface area contributed by atoms with Crippen LogP contribution in [0.4, 0.5) is 5.69 Å². The van der Waals surface area contributed by atoms with Crippen LogP contribution in [0.2, 0.25) is 0 Å². The van der Waals surface area contributed by atoms with E-state index in [2.05, 4.69) is 47.6 Å². The quantitative estimate of drug-likeness (QED) is 0.893. The lowest BCUT2D eigenvalue weighted by atomic mass is 9.89. The van der Waals surface area contributed by atoms with E-state index in [9.17, 15) is 0 Å². The summed E-state index contributed by atoms with van der Waals surface area (Å²) in [6, 6.07) is 0. The van der Waals surface area contributed by atoms with Crippen LogP contribution >= 0.6 is 0 Å². The molecule has 0 bridgehead atoms. The molecule has 0 aliphatic heterocycles. The summed E-state index contributed by atoms with van der Waals surface area (Å²) >= 11 is 0. The minimum absolute atomic E-state index is 0.0543. The van der Waals surface area contributed by atoms with Gasteiger partial charge in [-0.25, -0.2) is 0 Å². The van der Waals surface area contributed by atoms with Gasteiger partial charge in [0.25, 0.3) is 0 Å². The van der Waals surface area contributed by atoms with E-state index in [1.807, 2.05) is 25.6 Å². The number of aromatic amines is 1. The number of rotatable bonds is 3. The monoisotopic (exact) mass is 261 g/mol. The molecule has 5 heteroatoms. The SMILES string of the molecule is Cc1n[nH]c(C)c1NCc1cn(C)nc1C(C)(C)C. The second-order valence-corrected chi connectivity index (χ2v) is 6.09. The topological polar surface area (TPSA) is 58.5 Å². The lowest BCUT2D eigenvalue weighted by Gasteiger charge is -2.18. The van der Waals surface area contributed by atoms with Crippen LogP contribution < -0.4 is 5.32 Å². The van der Waals surface area contributed by atoms with Crippen molar-refractivity contribution in [3.8, 4) is 0 Å². The van der Waals surface area contributed by atoms with Gasteiger partial charge in [0.15, 0.2) is 0 Å². The second-order valence-electron chi connectivity index (χ2n) is 6.09. The third kappa shape index (κ3) is 2.80. The van der Waals surface area contributed by atoms with E-state index in [0.29, 0.717) is 0 Å².